The number of sulfonamides is 1. The molecule has 1 aromatic heterocycles. The van der Waals surface area contributed by atoms with Crippen LogP contribution in [-0.2, 0) is 10.0 Å². The predicted octanol–water partition coefficient (Wildman–Crippen LogP) is 1.14. The average molecular weight is 359 g/mol. The lowest BCUT2D eigenvalue weighted by molar-refractivity contribution is 0.149. The minimum atomic E-state index is -4.11. The van der Waals surface area contributed by atoms with Crippen molar-refractivity contribution in [2.24, 2.45) is 5.14 Å². The maximum Gasteiger partial charge on any atom is 0.267 e. The number of hydrogen-bond acceptors (Lipinski definition) is 4. The molecule has 0 unspecified atom stereocenters. The lowest BCUT2D eigenvalue weighted by atomic mass is 10.2. The van der Waals surface area contributed by atoms with E-state index < -0.39 is 32.6 Å². The van der Waals surface area contributed by atoms with Crippen molar-refractivity contribution < 1.29 is 17.2 Å². The molecular weight excluding hydrogens is 355 g/mol. The second-order valence-corrected chi connectivity index (χ2v) is 5.20. The van der Waals surface area contributed by atoms with Crippen LogP contribution in [0.5, 0.6) is 0 Å². The third-order valence-electron chi connectivity index (χ3n) is 1.62. The first-order chi connectivity index (χ1) is 7.27. The highest BCUT2D eigenvalue weighted by atomic mass is 127. The standard InChI is InChI=1S/C7H4F2IN3O2S/c8-6(9)5-3(2-11)1-4(13-7(5)10)16(12,14)15/h1,6H,(H2,12,14,15). The number of aromatic nitrogens is 1. The van der Waals surface area contributed by atoms with Gasteiger partial charge in [-0.05, 0) is 28.7 Å². The second-order valence-electron chi connectivity index (χ2n) is 2.67. The summed E-state index contributed by atoms with van der Waals surface area (Å²) in [4.78, 5) is 3.42. The SMILES string of the molecule is N#Cc1cc(S(N)(=O)=O)nc(I)c1C(F)F. The molecule has 5 nitrogen and oxygen atoms in total. The predicted molar refractivity (Wildman–Crippen MR) is 58.0 cm³/mol. The molecule has 1 heterocycles. The Morgan fingerprint density at radius 2 is 2.12 bits per heavy atom. The summed E-state index contributed by atoms with van der Waals surface area (Å²) in [6.07, 6.45) is -2.90. The molecule has 0 amide bonds. The third-order valence-corrected chi connectivity index (χ3v) is 3.23. The maximum absolute atomic E-state index is 12.5. The summed E-state index contributed by atoms with van der Waals surface area (Å²) < 4.78 is 46.7. The van der Waals surface area contributed by atoms with Crippen LogP contribution in [0.4, 0.5) is 8.78 Å². The highest BCUT2D eigenvalue weighted by Gasteiger charge is 2.22. The molecule has 0 aliphatic rings. The fourth-order valence-electron chi connectivity index (χ4n) is 0.947. The van der Waals surface area contributed by atoms with Gasteiger partial charge in [-0.3, -0.25) is 0 Å². The van der Waals surface area contributed by atoms with Crippen LogP contribution in [0.1, 0.15) is 17.6 Å². The summed E-state index contributed by atoms with van der Waals surface area (Å²) >= 11 is 1.43. The zero-order chi connectivity index (χ0) is 12.5. The van der Waals surface area contributed by atoms with Crippen LogP contribution in [0.25, 0.3) is 0 Å². The highest BCUT2D eigenvalue weighted by Crippen LogP contribution is 2.27. The molecule has 0 aromatic carbocycles. The van der Waals surface area contributed by atoms with Crippen molar-refractivity contribution in [3.05, 3.63) is 20.9 Å². The Hall–Kier alpha value is -0.860. The van der Waals surface area contributed by atoms with Crippen LogP contribution in [0, 0.1) is 15.0 Å². The normalized spacial score (nSPS) is 11.5. The topological polar surface area (TPSA) is 96.8 Å². The minimum absolute atomic E-state index is 0.254. The van der Waals surface area contributed by atoms with E-state index >= 15 is 0 Å². The van der Waals surface area contributed by atoms with Crippen molar-refractivity contribution >= 4 is 32.6 Å². The van der Waals surface area contributed by atoms with E-state index in [1.807, 2.05) is 0 Å². The molecule has 86 valence electrons. The Morgan fingerprint density at radius 1 is 1.56 bits per heavy atom. The number of alkyl halides is 2. The van der Waals surface area contributed by atoms with Crippen molar-refractivity contribution in [2.45, 2.75) is 11.5 Å². The van der Waals surface area contributed by atoms with Gasteiger partial charge >= 0.3 is 0 Å². The molecule has 0 saturated heterocycles. The van der Waals surface area contributed by atoms with E-state index in [4.69, 9.17) is 10.4 Å². The molecule has 0 radical (unpaired) electrons. The molecule has 0 bridgehead atoms. The second kappa shape index (κ2) is 4.56. The van der Waals surface area contributed by atoms with Crippen LogP contribution in [-0.4, -0.2) is 13.4 Å². The molecule has 0 atom stereocenters. The Bertz CT molecular complexity index is 568. The number of halogens is 3. The van der Waals surface area contributed by atoms with Gasteiger partial charge in [-0.2, -0.15) is 5.26 Å². The molecule has 0 spiro atoms. The van der Waals surface area contributed by atoms with Crippen LogP contribution in [0.15, 0.2) is 11.1 Å². The van der Waals surface area contributed by atoms with Gasteiger partial charge in [-0.15, -0.1) is 0 Å². The molecule has 1 rings (SSSR count). The van der Waals surface area contributed by atoms with E-state index in [1.54, 1.807) is 0 Å². The van der Waals surface area contributed by atoms with Gasteiger partial charge in [0.2, 0.25) is 0 Å². The number of hydrogen-bond donors (Lipinski definition) is 1. The van der Waals surface area contributed by atoms with Crippen molar-refractivity contribution in [1.29, 1.82) is 5.26 Å². The van der Waals surface area contributed by atoms with E-state index in [-0.39, 0.29) is 3.70 Å². The van der Waals surface area contributed by atoms with Crippen molar-refractivity contribution in [1.82, 2.24) is 4.98 Å². The van der Waals surface area contributed by atoms with Gasteiger partial charge in [0.1, 0.15) is 3.70 Å². The zero-order valence-electron chi connectivity index (χ0n) is 7.49. The number of pyridine rings is 1. The van der Waals surface area contributed by atoms with Gasteiger partial charge in [-0.25, -0.2) is 27.3 Å². The van der Waals surface area contributed by atoms with Gasteiger partial charge in [0.25, 0.3) is 16.4 Å². The fourth-order valence-corrected chi connectivity index (χ4v) is 2.40. The van der Waals surface area contributed by atoms with Crippen molar-refractivity contribution in [2.75, 3.05) is 0 Å². The molecule has 9 heteroatoms. The lowest BCUT2D eigenvalue weighted by Crippen LogP contribution is -2.16. The first-order valence-electron chi connectivity index (χ1n) is 3.69. The van der Waals surface area contributed by atoms with E-state index in [1.165, 1.54) is 28.7 Å². The van der Waals surface area contributed by atoms with E-state index in [0.717, 1.165) is 6.07 Å². The van der Waals surface area contributed by atoms with E-state index in [0.29, 0.717) is 0 Å². The quantitative estimate of drug-likeness (QED) is 0.633. The van der Waals surface area contributed by atoms with Crippen LogP contribution < -0.4 is 5.14 Å². The first kappa shape index (κ1) is 13.2. The number of nitrogens with two attached hydrogens (primary N) is 1. The molecule has 0 fully saturated rings. The van der Waals surface area contributed by atoms with Gasteiger partial charge in [-0.1, -0.05) is 0 Å². The smallest absolute Gasteiger partial charge is 0.228 e. The number of nitrogens with zero attached hydrogens (tertiary/aromatic N) is 2. The summed E-state index contributed by atoms with van der Waals surface area (Å²) in [5.74, 6) is 0. The number of primary sulfonamides is 1. The third kappa shape index (κ3) is 2.63. The van der Waals surface area contributed by atoms with Gasteiger partial charge < -0.3 is 0 Å². The lowest BCUT2D eigenvalue weighted by Gasteiger charge is -2.06. The molecule has 0 aliphatic heterocycles. The maximum atomic E-state index is 12.5. The zero-order valence-corrected chi connectivity index (χ0v) is 10.5. The van der Waals surface area contributed by atoms with Gasteiger partial charge in [0.05, 0.1) is 17.2 Å². The summed E-state index contributed by atoms with van der Waals surface area (Å²) in [6, 6.07) is 2.22. The average Bonchev–Trinajstić information content (AvgIpc) is 2.14. The number of rotatable bonds is 2. The summed E-state index contributed by atoms with van der Waals surface area (Å²) in [7, 11) is -4.11. The Kier molecular flexibility index (Phi) is 3.76. The van der Waals surface area contributed by atoms with E-state index in [2.05, 4.69) is 4.98 Å². The molecule has 1 aromatic rings. The highest BCUT2D eigenvalue weighted by molar-refractivity contribution is 14.1. The number of nitriles is 1. The summed E-state index contributed by atoms with van der Waals surface area (Å²) in [5, 5.41) is 12.8. The summed E-state index contributed by atoms with van der Waals surface area (Å²) in [6.45, 7) is 0. The molecule has 2 N–H and O–H groups in total. The fraction of sp³-hybridized carbons (Fsp3) is 0.143. The largest absolute Gasteiger partial charge is 0.267 e. The Morgan fingerprint density at radius 3 is 2.50 bits per heavy atom. The van der Waals surface area contributed by atoms with Crippen molar-refractivity contribution in [3.63, 3.8) is 0 Å². The van der Waals surface area contributed by atoms with Crippen LogP contribution >= 0.6 is 22.6 Å². The molecule has 0 aliphatic carbocycles. The monoisotopic (exact) mass is 359 g/mol. The first-order valence-corrected chi connectivity index (χ1v) is 6.31. The molecule has 16 heavy (non-hydrogen) atoms. The van der Waals surface area contributed by atoms with Gasteiger partial charge in [0, 0.05) is 0 Å². The summed E-state index contributed by atoms with van der Waals surface area (Å²) in [5.41, 5.74) is -1.03. The van der Waals surface area contributed by atoms with Gasteiger partial charge in [0.15, 0.2) is 5.03 Å². The Balaban J connectivity index is 3.59. The van der Waals surface area contributed by atoms with Crippen LogP contribution in [0.3, 0.4) is 0 Å². The minimum Gasteiger partial charge on any atom is -0.228 e. The van der Waals surface area contributed by atoms with Crippen LogP contribution in [0.2, 0.25) is 0 Å². The molecular formula is C7H4F2IN3O2S. The Labute approximate surface area is 103 Å². The van der Waals surface area contributed by atoms with E-state index in [9.17, 15) is 17.2 Å². The molecule has 0 saturated carbocycles. The van der Waals surface area contributed by atoms with Crippen molar-refractivity contribution in [3.8, 4) is 6.07 Å².